The van der Waals surface area contributed by atoms with E-state index < -0.39 is 0 Å². The molecule has 0 radical (unpaired) electrons. The summed E-state index contributed by atoms with van der Waals surface area (Å²) in [5.41, 5.74) is 2.15. The number of fused-ring (bicyclic) bond motifs is 1. The van der Waals surface area contributed by atoms with Crippen molar-refractivity contribution in [3.8, 4) is 0 Å². The molecule has 0 saturated carbocycles. The second kappa shape index (κ2) is 5.63. The van der Waals surface area contributed by atoms with Crippen LogP contribution in [0.15, 0.2) is 53.5 Å². The summed E-state index contributed by atoms with van der Waals surface area (Å²) in [5, 5.41) is 3.44. The van der Waals surface area contributed by atoms with Gasteiger partial charge in [-0.1, -0.05) is 30.3 Å². The lowest BCUT2D eigenvalue weighted by Crippen LogP contribution is -2.19. The second-order valence-corrected chi connectivity index (χ2v) is 5.62. The van der Waals surface area contributed by atoms with Crippen molar-refractivity contribution in [3.05, 3.63) is 59.1 Å². The van der Waals surface area contributed by atoms with Crippen LogP contribution in [-0.4, -0.2) is 20.4 Å². The SMILES string of the molecule is CC(Cc1ccccc1)Nc1nc(Br)cn2ccnc12. The Balaban J connectivity index is 1.80. The average molecular weight is 331 g/mol. The lowest BCUT2D eigenvalue weighted by Gasteiger charge is -2.15. The Morgan fingerprint density at radius 3 is 2.90 bits per heavy atom. The minimum Gasteiger partial charge on any atom is -0.364 e. The van der Waals surface area contributed by atoms with E-state index in [9.17, 15) is 0 Å². The van der Waals surface area contributed by atoms with Crippen molar-refractivity contribution in [2.75, 3.05) is 5.32 Å². The molecule has 1 unspecified atom stereocenters. The number of anilines is 1. The topological polar surface area (TPSA) is 42.2 Å². The molecular formula is C15H15BrN4. The Morgan fingerprint density at radius 2 is 2.10 bits per heavy atom. The van der Waals surface area contributed by atoms with Gasteiger partial charge in [-0.05, 0) is 34.8 Å². The van der Waals surface area contributed by atoms with Crippen molar-refractivity contribution in [1.82, 2.24) is 14.4 Å². The van der Waals surface area contributed by atoms with Gasteiger partial charge in [0, 0.05) is 24.6 Å². The number of halogens is 1. The zero-order chi connectivity index (χ0) is 13.9. The zero-order valence-electron chi connectivity index (χ0n) is 11.1. The predicted octanol–water partition coefficient (Wildman–Crippen LogP) is 3.53. The van der Waals surface area contributed by atoms with Crippen LogP contribution >= 0.6 is 15.9 Å². The summed E-state index contributed by atoms with van der Waals surface area (Å²) < 4.78 is 2.74. The highest BCUT2D eigenvalue weighted by atomic mass is 79.9. The lowest BCUT2D eigenvalue weighted by molar-refractivity contribution is 0.783. The molecule has 0 aliphatic carbocycles. The maximum Gasteiger partial charge on any atom is 0.180 e. The summed E-state index contributed by atoms with van der Waals surface area (Å²) in [6.07, 6.45) is 6.53. The number of imidazole rings is 1. The number of nitrogens with one attached hydrogen (secondary N) is 1. The van der Waals surface area contributed by atoms with Gasteiger partial charge in [0.2, 0.25) is 0 Å². The Labute approximate surface area is 126 Å². The van der Waals surface area contributed by atoms with E-state index in [2.05, 4.69) is 62.4 Å². The van der Waals surface area contributed by atoms with Crippen LogP contribution < -0.4 is 5.32 Å². The van der Waals surface area contributed by atoms with Crippen LogP contribution in [0.1, 0.15) is 12.5 Å². The van der Waals surface area contributed by atoms with Crippen LogP contribution in [0.5, 0.6) is 0 Å². The number of rotatable bonds is 4. The van der Waals surface area contributed by atoms with Gasteiger partial charge in [0.1, 0.15) is 4.60 Å². The van der Waals surface area contributed by atoms with Crippen LogP contribution in [-0.2, 0) is 6.42 Å². The summed E-state index contributed by atoms with van der Waals surface area (Å²) in [5.74, 6) is 0.799. The van der Waals surface area contributed by atoms with E-state index in [4.69, 9.17) is 0 Å². The molecule has 2 aromatic heterocycles. The van der Waals surface area contributed by atoms with Crippen LogP contribution in [0, 0.1) is 0 Å². The van der Waals surface area contributed by atoms with Gasteiger partial charge in [-0.25, -0.2) is 9.97 Å². The van der Waals surface area contributed by atoms with Crippen molar-refractivity contribution in [2.45, 2.75) is 19.4 Å². The zero-order valence-corrected chi connectivity index (χ0v) is 12.7. The van der Waals surface area contributed by atoms with Gasteiger partial charge in [0.15, 0.2) is 11.5 Å². The van der Waals surface area contributed by atoms with Gasteiger partial charge in [-0.3, -0.25) is 0 Å². The van der Waals surface area contributed by atoms with Gasteiger partial charge < -0.3 is 9.72 Å². The average Bonchev–Trinajstić information content (AvgIpc) is 2.88. The third-order valence-corrected chi connectivity index (χ3v) is 3.49. The van der Waals surface area contributed by atoms with E-state index in [1.807, 2.05) is 22.9 Å². The quantitative estimate of drug-likeness (QED) is 0.795. The molecule has 0 spiro atoms. The van der Waals surface area contributed by atoms with Gasteiger partial charge >= 0.3 is 0 Å². The molecule has 4 nitrogen and oxygen atoms in total. The number of aromatic nitrogens is 3. The third kappa shape index (κ3) is 2.82. The molecule has 0 saturated heterocycles. The number of hydrogen-bond donors (Lipinski definition) is 1. The van der Waals surface area contributed by atoms with Gasteiger partial charge in [-0.15, -0.1) is 0 Å². The highest BCUT2D eigenvalue weighted by Gasteiger charge is 2.10. The van der Waals surface area contributed by atoms with E-state index in [-0.39, 0.29) is 6.04 Å². The molecule has 0 aliphatic heterocycles. The molecule has 1 aromatic carbocycles. The molecule has 102 valence electrons. The Kier molecular flexibility index (Phi) is 3.69. The molecular weight excluding hydrogens is 316 g/mol. The summed E-state index contributed by atoms with van der Waals surface area (Å²) in [7, 11) is 0. The smallest absolute Gasteiger partial charge is 0.180 e. The van der Waals surface area contributed by atoms with Crippen molar-refractivity contribution >= 4 is 27.4 Å². The van der Waals surface area contributed by atoms with Crippen LogP contribution in [0.3, 0.4) is 0 Å². The fourth-order valence-electron chi connectivity index (χ4n) is 2.25. The molecule has 3 rings (SSSR count). The molecule has 0 aliphatic rings. The fraction of sp³-hybridized carbons (Fsp3) is 0.200. The first-order chi connectivity index (χ1) is 9.72. The number of nitrogens with zero attached hydrogens (tertiary/aromatic N) is 3. The van der Waals surface area contributed by atoms with E-state index >= 15 is 0 Å². The number of hydrogen-bond acceptors (Lipinski definition) is 3. The van der Waals surface area contributed by atoms with Crippen molar-refractivity contribution in [1.29, 1.82) is 0 Å². The predicted molar refractivity (Wildman–Crippen MR) is 83.9 cm³/mol. The molecule has 0 fully saturated rings. The monoisotopic (exact) mass is 330 g/mol. The first-order valence-electron chi connectivity index (χ1n) is 6.52. The first-order valence-corrected chi connectivity index (χ1v) is 7.31. The highest BCUT2D eigenvalue weighted by Crippen LogP contribution is 2.18. The molecule has 0 bridgehead atoms. The summed E-state index contributed by atoms with van der Waals surface area (Å²) >= 11 is 3.43. The van der Waals surface area contributed by atoms with E-state index in [0.717, 1.165) is 22.5 Å². The minimum atomic E-state index is 0.278. The second-order valence-electron chi connectivity index (χ2n) is 4.81. The van der Waals surface area contributed by atoms with Crippen molar-refractivity contribution in [2.24, 2.45) is 0 Å². The fourth-order valence-corrected chi connectivity index (χ4v) is 2.65. The first kappa shape index (κ1) is 13.1. The normalized spacial score (nSPS) is 12.5. The lowest BCUT2D eigenvalue weighted by atomic mass is 10.1. The van der Waals surface area contributed by atoms with E-state index in [1.165, 1.54) is 5.56 Å². The van der Waals surface area contributed by atoms with Crippen LogP contribution in [0.2, 0.25) is 0 Å². The third-order valence-electron chi connectivity index (χ3n) is 3.11. The summed E-state index contributed by atoms with van der Waals surface area (Å²) in [4.78, 5) is 8.81. The standard InChI is InChI=1S/C15H15BrN4/c1-11(9-12-5-3-2-4-6-12)18-14-15-17-7-8-20(15)10-13(16)19-14/h2-8,10-11H,9H2,1H3,(H,18,19). The van der Waals surface area contributed by atoms with Crippen LogP contribution in [0.25, 0.3) is 5.65 Å². The molecule has 3 aromatic rings. The molecule has 1 atom stereocenters. The molecule has 2 heterocycles. The van der Waals surface area contributed by atoms with Gasteiger partial charge in [0.05, 0.1) is 0 Å². The van der Waals surface area contributed by atoms with Gasteiger partial charge in [-0.2, -0.15) is 0 Å². The van der Waals surface area contributed by atoms with Gasteiger partial charge in [0.25, 0.3) is 0 Å². The Morgan fingerprint density at radius 1 is 1.30 bits per heavy atom. The molecule has 20 heavy (non-hydrogen) atoms. The summed E-state index contributed by atoms with van der Waals surface area (Å²) in [6.45, 7) is 2.15. The Hall–Kier alpha value is -1.88. The maximum atomic E-state index is 4.48. The molecule has 5 heteroatoms. The maximum absolute atomic E-state index is 4.48. The summed E-state index contributed by atoms with van der Waals surface area (Å²) in [6, 6.07) is 10.7. The largest absolute Gasteiger partial charge is 0.364 e. The van der Waals surface area contributed by atoms with Crippen molar-refractivity contribution in [3.63, 3.8) is 0 Å². The molecule has 1 N–H and O–H groups in total. The number of benzene rings is 1. The highest BCUT2D eigenvalue weighted by molar-refractivity contribution is 9.10. The van der Waals surface area contributed by atoms with E-state index in [1.54, 1.807) is 6.20 Å². The Bertz CT molecular complexity index is 708. The van der Waals surface area contributed by atoms with Crippen LogP contribution in [0.4, 0.5) is 5.82 Å². The minimum absolute atomic E-state index is 0.278. The van der Waals surface area contributed by atoms with E-state index in [0.29, 0.717) is 0 Å². The van der Waals surface area contributed by atoms with Crippen molar-refractivity contribution < 1.29 is 0 Å². The molecule has 0 amide bonds.